The number of nitrogens with zero attached hydrogens (tertiary/aromatic N) is 2. The van der Waals surface area contributed by atoms with E-state index in [1.807, 2.05) is 12.1 Å². The molecule has 4 rings (SSSR count). The molecule has 3 aromatic rings. The molecule has 0 atom stereocenters. The number of para-hydroxylation sites is 1. The lowest BCUT2D eigenvalue weighted by Crippen LogP contribution is -2.35. The highest BCUT2D eigenvalue weighted by Gasteiger charge is 2.12. The molecule has 0 saturated heterocycles. The second-order valence-corrected chi connectivity index (χ2v) is 7.05. The molecule has 0 fully saturated rings. The van der Waals surface area contributed by atoms with Crippen molar-refractivity contribution in [1.29, 1.82) is 0 Å². The molecule has 1 aliphatic rings. The summed E-state index contributed by atoms with van der Waals surface area (Å²) in [6.07, 6.45) is 3.46. The highest BCUT2D eigenvalue weighted by atomic mass is 16.5. The van der Waals surface area contributed by atoms with Crippen molar-refractivity contribution in [2.45, 2.75) is 32.7 Å². The first-order valence-electron chi connectivity index (χ1n) is 9.59. The first-order valence-corrected chi connectivity index (χ1v) is 9.59. The Balaban J connectivity index is 1.32. The summed E-state index contributed by atoms with van der Waals surface area (Å²) in [5.74, 6) is 1.12. The van der Waals surface area contributed by atoms with Gasteiger partial charge in [0.25, 0.3) is 5.56 Å². The van der Waals surface area contributed by atoms with Gasteiger partial charge in [-0.3, -0.25) is 14.2 Å². The van der Waals surface area contributed by atoms with Crippen LogP contribution < -0.4 is 15.6 Å². The highest BCUT2D eigenvalue weighted by Crippen LogP contribution is 2.25. The van der Waals surface area contributed by atoms with Crippen LogP contribution in [0.2, 0.25) is 0 Å². The van der Waals surface area contributed by atoms with Crippen LogP contribution in [0.4, 0.5) is 0 Å². The summed E-state index contributed by atoms with van der Waals surface area (Å²) in [6.45, 7) is 2.44. The fraction of sp³-hybridized carbons (Fsp3) is 0.318. The number of hydrogen-bond donors (Lipinski definition) is 1. The second-order valence-electron chi connectivity index (χ2n) is 7.05. The summed E-state index contributed by atoms with van der Waals surface area (Å²) in [5.41, 5.74) is 3.21. The first kappa shape index (κ1) is 18.2. The van der Waals surface area contributed by atoms with Crippen molar-refractivity contribution in [3.8, 4) is 5.75 Å². The number of nitrogens with one attached hydrogen (secondary N) is 1. The average Bonchev–Trinajstić information content (AvgIpc) is 3.16. The van der Waals surface area contributed by atoms with Gasteiger partial charge in [0, 0.05) is 0 Å². The van der Waals surface area contributed by atoms with Gasteiger partial charge in [-0.15, -0.1) is 0 Å². The van der Waals surface area contributed by atoms with Crippen LogP contribution in [-0.4, -0.2) is 28.6 Å². The summed E-state index contributed by atoms with van der Waals surface area (Å²) in [4.78, 5) is 29.3. The molecule has 0 saturated carbocycles. The van der Waals surface area contributed by atoms with E-state index in [9.17, 15) is 9.59 Å². The fourth-order valence-corrected chi connectivity index (χ4v) is 3.66. The van der Waals surface area contributed by atoms with Crippen LogP contribution in [0.5, 0.6) is 5.75 Å². The molecule has 1 aromatic heterocycles. The molecule has 0 unspecified atom stereocenters. The molecule has 0 bridgehead atoms. The van der Waals surface area contributed by atoms with Crippen LogP contribution in [-0.2, 0) is 24.2 Å². The van der Waals surface area contributed by atoms with Crippen molar-refractivity contribution < 1.29 is 9.53 Å². The van der Waals surface area contributed by atoms with Gasteiger partial charge in [0.2, 0.25) is 5.91 Å². The standard InChI is InChI=1S/C22H23N3O3/c1-15-24-20-8-3-2-7-19(20)22(27)25(15)14-21(26)23-11-12-28-18-10-9-16-5-4-6-17(16)13-18/h2-3,7-10,13H,4-6,11-12,14H2,1H3,(H,23,26). The Hall–Kier alpha value is -3.15. The molecule has 144 valence electrons. The number of amides is 1. The Morgan fingerprint density at radius 2 is 2.00 bits per heavy atom. The second kappa shape index (κ2) is 7.84. The van der Waals surface area contributed by atoms with E-state index in [0.29, 0.717) is 29.9 Å². The zero-order valence-electron chi connectivity index (χ0n) is 15.9. The maximum Gasteiger partial charge on any atom is 0.261 e. The Bertz CT molecular complexity index is 1090. The number of rotatable bonds is 6. The van der Waals surface area contributed by atoms with E-state index in [1.165, 1.54) is 22.1 Å². The largest absolute Gasteiger partial charge is 0.492 e. The summed E-state index contributed by atoms with van der Waals surface area (Å²) < 4.78 is 7.14. The van der Waals surface area contributed by atoms with Crippen LogP contribution in [0.15, 0.2) is 47.3 Å². The van der Waals surface area contributed by atoms with Crippen molar-refractivity contribution in [2.75, 3.05) is 13.2 Å². The van der Waals surface area contributed by atoms with Gasteiger partial charge >= 0.3 is 0 Å². The SMILES string of the molecule is Cc1nc2ccccc2c(=O)n1CC(=O)NCCOc1ccc2c(c1)CCC2. The topological polar surface area (TPSA) is 73.2 Å². The van der Waals surface area contributed by atoms with Gasteiger partial charge in [0.15, 0.2) is 0 Å². The van der Waals surface area contributed by atoms with Gasteiger partial charge in [0.1, 0.15) is 24.7 Å². The van der Waals surface area contributed by atoms with Crippen molar-refractivity contribution in [1.82, 2.24) is 14.9 Å². The third-order valence-corrected chi connectivity index (χ3v) is 5.12. The Kier molecular flexibility index (Phi) is 5.10. The average molecular weight is 377 g/mol. The van der Waals surface area contributed by atoms with Gasteiger partial charge in [-0.1, -0.05) is 18.2 Å². The van der Waals surface area contributed by atoms with Crippen LogP contribution >= 0.6 is 0 Å². The Morgan fingerprint density at radius 3 is 2.89 bits per heavy atom. The molecule has 2 aromatic carbocycles. The van der Waals surface area contributed by atoms with Crippen molar-refractivity contribution >= 4 is 16.8 Å². The third-order valence-electron chi connectivity index (χ3n) is 5.12. The predicted molar refractivity (Wildman–Crippen MR) is 108 cm³/mol. The van der Waals surface area contributed by atoms with Crippen LogP contribution in [0.25, 0.3) is 10.9 Å². The van der Waals surface area contributed by atoms with E-state index in [-0.39, 0.29) is 18.0 Å². The zero-order chi connectivity index (χ0) is 19.5. The molecule has 6 nitrogen and oxygen atoms in total. The molecule has 1 heterocycles. The van der Waals surface area contributed by atoms with Crippen LogP contribution in [0, 0.1) is 6.92 Å². The van der Waals surface area contributed by atoms with Gasteiger partial charge in [0.05, 0.1) is 17.4 Å². The number of hydrogen-bond acceptors (Lipinski definition) is 4. The number of fused-ring (bicyclic) bond motifs is 2. The molecule has 0 spiro atoms. The first-order chi connectivity index (χ1) is 13.6. The molecule has 1 aliphatic carbocycles. The number of benzene rings is 2. The number of aryl methyl sites for hydroxylation is 3. The molecular formula is C22H23N3O3. The van der Waals surface area contributed by atoms with Gasteiger partial charge in [-0.2, -0.15) is 0 Å². The zero-order valence-corrected chi connectivity index (χ0v) is 15.9. The highest BCUT2D eigenvalue weighted by molar-refractivity contribution is 5.79. The maximum atomic E-state index is 12.6. The summed E-state index contributed by atoms with van der Waals surface area (Å²) in [7, 11) is 0. The summed E-state index contributed by atoms with van der Waals surface area (Å²) in [6, 6.07) is 13.3. The molecule has 0 radical (unpaired) electrons. The van der Waals surface area contributed by atoms with Crippen molar-refractivity contribution in [3.63, 3.8) is 0 Å². The van der Waals surface area contributed by atoms with E-state index in [2.05, 4.69) is 22.4 Å². The predicted octanol–water partition coefficient (Wildman–Crippen LogP) is 2.39. The van der Waals surface area contributed by atoms with E-state index >= 15 is 0 Å². The summed E-state index contributed by atoms with van der Waals surface area (Å²) in [5, 5.41) is 3.32. The molecule has 28 heavy (non-hydrogen) atoms. The van der Waals surface area contributed by atoms with Crippen LogP contribution in [0.1, 0.15) is 23.4 Å². The lowest BCUT2D eigenvalue weighted by atomic mass is 10.1. The van der Waals surface area contributed by atoms with E-state index in [4.69, 9.17) is 4.74 Å². The van der Waals surface area contributed by atoms with Crippen LogP contribution in [0.3, 0.4) is 0 Å². The smallest absolute Gasteiger partial charge is 0.261 e. The lowest BCUT2D eigenvalue weighted by molar-refractivity contribution is -0.121. The van der Waals surface area contributed by atoms with E-state index in [1.54, 1.807) is 25.1 Å². The quantitative estimate of drug-likeness (QED) is 0.670. The normalized spacial score (nSPS) is 12.8. The molecule has 1 N–H and O–H groups in total. The minimum atomic E-state index is -0.236. The lowest BCUT2D eigenvalue weighted by Gasteiger charge is -2.12. The van der Waals surface area contributed by atoms with Gasteiger partial charge in [-0.25, -0.2) is 4.98 Å². The van der Waals surface area contributed by atoms with Gasteiger partial charge in [-0.05, 0) is 61.6 Å². The number of ether oxygens (including phenoxy) is 1. The number of carbonyl (C=O) groups is 1. The van der Waals surface area contributed by atoms with E-state index < -0.39 is 0 Å². The molecule has 6 heteroatoms. The third kappa shape index (κ3) is 3.76. The number of aromatic nitrogens is 2. The Labute approximate surface area is 163 Å². The summed E-state index contributed by atoms with van der Waals surface area (Å²) >= 11 is 0. The number of carbonyl (C=O) groups excluding carboxylic acids is 1. The molecule has 1 amide bonds. The Morgan fingerprint density at radius 1 is 1.18 bits per heavy atom. The van der Waals surface area contributed by atoms with Crippen molar-refractivity contribution in [2.24, 2.45) is 0 Å². The molecular weight excluding hydrogens is 354 g/mol. The maximum absolute atomic E-state index is 12.6. The van der Waals surface area contributed by atoms with Gasteiger partial charge < -0.3 is 10.1 Å². The van der Waals surface area contributed by atoms with Crippen molar-refractivity contribution in [3.05, 3.63) is 69.8 Å². The monoisotopic (exact) mass is 377 g/mol. The minimum Gasteiger partial charge on any atom is -0.492 e. The minimum absolute atomic E-state index is 0.0542. The fourth-order valence-electron chi connectivity index (χ4n) is 3.66. The molecule has 0 aliphatic heterocycles. The van der Waals surface area contributed by atoms with E-state index in [0.717, 1.165) is 18.6 Å².